The number of likely N-dealkylation sites (tertiary alicyclic amines) is 1. The second-order valence-electron chi connectivity index (χ2n) is 6.54. The summed E-state index contributed by atoms with van der Waals surface area (Å²) >= 11 is 0. The third-order valence-electron chi connectivity index (χ3n) is 4.67. The smallest absolute Gasteiger partial charge is 0.130 e. The molecule has 0 unspecified atom stereocenters. The summed E-state index contributed by atoms with van der Waals surface area (Å²) in [5, 5.41) is 3.67. The van der Waals surface area contributed by atoms with Gasteiger partial charge in [0.15, 0.2) is 0 Å². The Bertz CT molecular complexity index is 655. The van der Waals surface area contributed by atoms with Gasteiger partial charge in [0.25, 0.3) is 0 Å². The van der Waals surface area contributed by atoms with Crippen LogP contribution >= 0.6 is 0 Å². The van der Waals surface area contributed by atoms with Crippen LogP contribution in [0.5, 0.6) is 11.5 Å². The second kappa shape index (κ2) is 8.83. The molecule has 1 aromatic carbocycles. The molecule has 0 bridgehead atoms. The normalized spacial score (nSPS) is 15.9. The largest absolute Gasteiger partial charge is 0.497 e. The van der Waals surface area contributed by atoms with Crippen LogP contribution in [0.15, 0.2) is 42.6 Å². The quantitative estimate of drug-likeness (QED) is 0.839. The molecular weight excluding hydrogens is 314 g/mol. The molecule has 1 aliphatic heterocycles. The zero-order chi connectivity index (χ0) is 17.5. The third-order valence-corrected chi connectivity index (χ3v) is 4.67. The first kappa shape index (κ1) is 17.7. The number of aromatic nitrogens is 1. The van der Waals surface area contributed by atoms with Crippen molar-refractivity contribution in [3.63, 3.8) is 0 Å². The lowest BCUT2D eigenvalue weighted by Gasteiger charge is -2.29. The highest BCUT2D eigenvalue weighted by Crippen LogP contribution is 2.25. The van der Waals surface area contributed by atoms with E-state index in [1.165, 1.54) is 12.8 Å². The van der Waals surface area contributed by atoms with Gasteiger partial charge in [-0.2, -0.15) is 0 Å². The highest BCUT2D eigenvalue weighted by atomic mass is 16.5. The van der Waals surface area contributed by atoms with E-state index < -0.39 is 0 Å². The lowest BCUT2D eigenvalue weighted by atomic mass is 10.0. The van der Waals surface area contributed by atoms with Crippen LogP contribution in [0, 0.1) is 0 Å². The number of nitrogens with one attached hydrogen (secondary N) is 1. The second-order valence-corrected chi connectivity index (χ2v) is 6.54. The van der Waals surface area contributed by atoms with Gasteiger partial charge in [-0.3, -0.25) is 4.98 Å². The van der Waals surface area contributed by atoms with E-state index in [9.17, 15) is 0 Å². The number of nitrogens with zero attached hydrogens (tertiary/aromatic N) is 2. The van der Waals surface area contributed by atoms with Crippen LogP contribution in [0.1, 0.15) is 24.1 Å². The Labute approximate surface area is 150 Å². The van der Waals surface area contributed by atoms with E-state index in [0.717, 1.165) is 42.4 Å². The van der Waals surface area contributed by atoms with E-state index in [-0.39, 0.29) is 0 Å². The van der Waals surface area contributed by atoms with Crippen molar-refractivity contribution in [2.45, 2.75) is 32.0 Å². The average Bonchev–Trinajstić information content (AvgIpc) is 2.67. The first-order valence-electron chi connectivity index (χ1n) is 8.86. The number of pyridine rings is 1. The van der Waals surface area contributed by atoms with Crippen molar-refractivity contribution in [1.82, 2.24) is 15.2 Å². The number of ether oxygens (including phenoxy) is 2. The molecule has 1 fully saturated rings. The monoisotopic (exact) mass is 341 g/mol. The maximum atomic E-state index is 6.01. The lowest BCUT2D eigenvalue weighted by Crippen LogP contribution is -2.40. The molecular formula is C20H27N3O2. The van der Waals surface area contributed by atoms with Crippen molar-refractivity contribution >= 4 is 0 Å². The Kier molecular flexibility index (Phi) is 6.25. The van der Waals surface area contributed by atoms with Gasteiger partial charge in [-0.1, -0.05) is 6.07 Å². The molecule has 0 atom stereocenters. The molecule has 1 aromatic heterocycles. The van der Waals surface area contributed by atoms with Gasteiger partial charge in [0, 0.05) is 24.3 Å². The van der Waals surface area contributed by atoms with Crippen LogP contribution in [0.2, 0.25) is 0 Å². The van der Waals surface area contributed by atoms with Crippen molar-refractivity contribution in [2.24, 2.45) is 0 Å². The van der Waals surface area contributed by atoms with Crippen LogP contribution in [0.25, 0.3) is 0 Å². The SMILES string of the molecule is COc1ccc(OCc2ccccn2)c(CNC2CCN(C)CC2)c1. The van der Waals surface area contributed by atoms with E-state index in [1.807, 2.05) is 30.3 Å². The van der Waals surface area contributed by atoms with Crippen molar-refractivity contribution in [3.05, 3.63) is 53.9 Å². The molecule has 0 amide bonds. The average molecular weight is 341 g/mol. The maximum Gasteiger partial charge on any atom is 0.130 e. The fourth-order valence-corrected chi connectivity index (χ4v) is 3.06. The zero-order valence-electron chi connectivity index (χ0n) is 15.1. The summed E-state index contributed by atoms with van der Waals surface area (Å²) in [5.41, 5.74) is 2.04. The highest BCUT2D eigenvalue weighted by Gasteiger charge is 2.17. The molecule has 1 N–H and O–H groups in total. The fourth-order valence-electron chi connectivity index (χ4n) is 3.06. The molecule has 0 radical (unpaired) electrons. The van der Waals surface area contributed by atoms with Crippen LogP contribution in [-0.4, -0.2) is 43.2 Å². The summed E-state index contributed by atoms with van der Waals surface area (Å²) in [7, 11) is 3.87. The van der Waals surface area contributed by atoms with Gasteiger partial charge in [-0.25, -0.2) is 0 Å². The van der Waals surface area contributed by atoms with E-state index in [4.69, 9.17) is 9.47 Å². The summed E-state index contributed by atoms with van der Waals surface area (Å²) in [5.74, 6) is 1.73. The van der Waals surface area contributed by atoms with Crippen LogP contribution < -0.4 is 14.8 Å². The van der Waals surface area contributed by atoms with Crippen molar-refractivity contribution in [1.29, 1.82) is 0 Å². The fraction of sp³-hybridized carbons (Fsp3) is 0.450. The minimum absolute atomic E-state index is 0.467. The minimum atomic E-state index is 0.467. The third kappa shape index (κ3) is 5.18. The van der Waals surface area contributed by atoms with Crippen molar-refractivity contribution in [3.8, 4) is 11.5 Å². The topological polar surface area (TPSA) is 46.6 Å². The first-order valence-corrected chi connectivity index (χ1v) is 8.86. The van der Waals surface area contributed by atoms with Gasteiger partial charge < -0.3 is 19.7 Å². The Hall–Kier alpha value is -2.11. The number of hydrogen-bond donors (Lipinski definition) is 1. The molecule has 134 valence electrons. The van der Waals surface area contributed by atoms with Crippen LogP contribution in [-0.2, 0) is 13.2 Å². The van der Waals surface area contributed by atoms with E-state index in [0.29, 0.717) is 12.6 Å². The minimum Gasteiger partial charge on any atom is -0.497 e. The molecule has 1 saturated heterocycles. The first-order chi connectivity index (χ1) is 12.2. The number of piperidine rings is 1. The number of rotatable bonds is 7. The Morgan fingerprint density at radius 1 is 1.20 bits per heavy atom. The Morgan fingerprint density at radius 2 is 2.04 bits per heavy atom. The molecule has 3 rings (SSSR count). The predicted octanol–water partition coefficient (Wildman–Crippen LogP) is 2.85. The van der Waals surface area contributed by atoms with Crippen molar-refractivity contribution in [2.75, 3.05) is 27.2 Å². The number of benzene rings is 1. The van der Waals surface area contributed by atoms with E-state index in [2.05, 4.69) is 28.3 Å². The Balaban J connectivity index is 1.63. The summed E-state index contributed by atoms with van der Waals surface area (Å²) in [6, 6.07) is 12.4. The molecule has 2 aromatic rings. The van der Waals surface area contributed by atoms with Gasteiger partial charge >= 0.3 is 0 Å². The van der Waals surface area contributed by atoms with Gasteiger partial charge in [0.2, 0.25) is 0 Å². The standard InChI is InChI=1S/C20H27N3O2/c1-23-11-8-17(9-12-23)22-14-16-13-19(24-2)6-7-20(16)25-15-18-5-3-4-10-21-18/h3-7,10,13,17,22H,8-9,11-12,14-15H2,1-2H3. The number of methoxy groups -OCH3 is 1. The molecule has 2 heterocycles. The van der Waals surface area contributed by atoms with Gasteiger partial charge in [-0.15, -0.1) is 0 Å². The predicted molar refractivity (Wildman–Crippen MR) is 98.9 cm³/mol. The Morgan fingerprint density at radius 3 is 2.76 bits per heavy atom. The van der Waals surface area contributed by atoms with E-state index >= 15 is 0 Å². The summed E-state index contributed by atoms with van der Waals surface area (Å²) in [6.45, 7) is 3.55. The summed E-state index contributed by atoms with van der Waals surface area (Å²) in [6.07, 6.45) is 4.16. The van der Waals surface area contributed by atoms with Gasteiger partial charge in [-0.05, 0) is 63.3 Å². The summed E-state index contributed by atoms with van der Waals surface area (Å²) < 4.78 is 11.4. The molecule has 0 spiro atoms. The lowest BCUT2D eigenvalue weighted by molar-refractivity contribution is 0.233. The van der Waals surface area contributed by atoms with Crippen LogP contribution in [0.4, 0.5) is 0 Å². The van der Waals surface area contributed by atoms with Gasteiger partial charge in [0.1, 0.15) is 18.1 Å². The molecule has 0 saturated carbocycles. The number of hydrogen-bond acceptors (Lipinski definition) is 5. The van der Waals surface area contributed by atoms with Crippen molar-refractivity contribution < 1.29 is 9.47 Å². The molecule has 5 nitrogen and oxygen atoms in total. The molecule has 5 heteroatoms. The maximum absolute atomic E-state index is 6.01. The summed E-state index contributed by atoms with van der Waals surface area (Å²) in [4.78, 5) is 6.69. The van der Waals surface area contributed by atoms with E-state index in [1.54, 1.807) is 13.3 Å². The van der Waals surface area contributed by atoms with Gasteiger partial charge in [0.05, 0.1) is 12.8 Å². The zero-order valence-corrected chi connectivity index (χ0v) is 15.1. The highest BCUT2D eigenvalue weighted by molar-refractivity contribution is 5.40. The molecule has 25 heavy (non-hydrogen) atoms. The molecule has 0 aliphatic carbocycles. The van der Waals surface area contributed by atoms with Crippen LogP contribution in [0.3, 0.4) is 0 Å². The molecule has 1 aliphatic rings.